The topological polar surface area (TPSA) is 0 Å². The van der Waals surface area contributed by atoms with Gasteiger partial charge in [-0.3, -0.25) is 0 Å². The molecule has 0 heteroatoms. The van der Waals surface area contributed by atoms with Crippen molar-refractivity contribution in [2.75, 3.05) is 0 Å². The van der Waals surface area contributed by atoms with Crippen molar-refractivity contribution in [3.8, 4) is 0 Å². The first kappa shape index (κ1) is 16.0. The molecule has 8 bridgehead atoms. The molecule has 8 saturated carbocycles. The highest BCUT2D eigenvalue weighted by molar-refractivity contribution is 5.12. The summed E-state index contributed by atoms with van der Waals surface area (Å²) in [6, 6.07) is 0. The Bertz CT molecular complexity index is 470. The maximum Gasteiger partial charge on any atom is -0.0256 e. The van der Waals surface area contributed by atoms with Gasteiger partial charge in [0.05, 0.1) is 0 Å². The fourth-order valence-corrected chi connectivity index (χ4v) is 11.4. The highest BCUT2D eigenvalue weighted by atomic mass is 14.7. The van der Waals surface area contributed by atoms with Gasteiger partial charge in [0, 0.05) is 0 Å². The van der Waals surface area contributed by atoms with Crippen molar-refractivity contribution in [1.29, 1.82) is 0 Å². The zero-order valence-corrected chi connectivity index (χ0v) is 16.8. The lowest BCUT2D eigenvalue weighted by atomic mass is 9.37. The minimum Gasteiger partial charge on any atom is -0.0651 e. The van der Waals surface area contributed by atoms with E-state index in [1.165, 1.54) is 12.8 Å². The summed E-state index contributed by atoms with van der Waals surface area (Å²) in [4.78, 5) is 0. The van der Waals surface area contributed by atoms with Crippen LogP contribution in [-0.4, -0.2) is 0 Å². The molecule has 0 aliphatic heterocycles. The van der Waals surface area contributed by atoms with Crippen LogP contribution >= 0.6 is 0 Å². The first-order valence-electron chi connectivity index (χ1n) is 12.1. The molecule has 6 unspecified atom stereocenters. The highest BCUT2D eigenvalue weighted by Crippen LogP contribution is 2.72. The third-order valence-corrected chi connectivity index (χ3v) is 11.0. The van der Waals surface area contributed by atoms with Crippen molar-refractivity contribution in [1.82, 2.24) is 0 Å². The van der Waals surface area contributed by atoms with E-state index in [0.717, 1.165) is 58.2 Å². The largest absolute Gasteiger partial charge is 0.0651 e. The Morgan fingerprint density at radius 1 is 0.560 bits per heavy atom. The van der Waals surface area contributed by atoms with Crippen LogP contribution in [-0.2, 0) is 0 Å². The first-order valence-corrected chi connectivity index (χ1v) is 12.1. The molecule has 8 rings (SSSR count). The lowest BCUT2D eigenvalue weighted by Crippen LogP contribution is -2.59. The maximum atomic E-state index is 2.55. The lowest BCUT2D eigenvalue weighted by molar-refractivity contribution is -0.182. The summed E-state index contributed by atoms with van der Waals surface area (Å²) >= 11 is 0. The minimum absolute atomic E-state index is 0.794. The van der Waals surface area contributed by atoms with E-state index in [1.807, 2.05) is 0 Å². The second-order valence-corrected chi connectivity index (χ2v) is 12.1. The Labute approximate surface area is 155 Å². The summed E-state index contributed by atoms with van der Waals surface area (Å²) in [5, 5.41) is 0. The molecule has 0 aromatic heterocycles. The van der Waals surface area contributed by atoms with E-state index in [4.69, 9.17) is 0 Å². The molecular weight excluding hydrogens is 300 g/mol. The van der Waals surface area contributed by atoms with Gasteiger partial charge in [0.2, 0.25) is 0 Å². The van der Waals surface area contributed by atoms with E-state index >= 15 is 0 Å². The van der Waals surface area contributed by atoms with E-state index in [2.05, 4.69) is 13.8 Å². The number of hydrogen-bond donors (Lipinski definition) is 0. The summed E-state index contributed by atoms with van der Waals surface area (Å²) in [6.07, 6.45) is 21.0. The smallest absolute Gasteiger partial charge is 0.0256 e. The lowest BCUT2D eigenvalue weighted by Gasteiger charge is -2.68. The van der Waals surface area contributed by atoms with Crippen molar-refractivity contribution in [3.05, 3.63) is 0 Å². The molecule has 0 spiro atoms. The molecule has 140 valence electrons. The normalized spacial score (nSPS) is 61.2. The van der Waals surface area contributed by atoms with Crippen LogP contribution in [0.3, 0.4) is 0 Å². The van der Waals surface area contributed by atoms with E-state index in [1.54, 1.807) is 70.6 Å². The van der Waals surface area contributed by atoms with Gasteiger partial charge in [0.15, 0.2) is 0 Å². The van der Waals surface area contributed by atoms with Gasteiger partial charge in [-0.1, -0.05) is 26.7 Å². The molecule has 0 heterocycles. The maximum absolute atomic E-state index is 2.55. The number of rotatable bonds is 4. The average molecular weight is 341 g/mol. The summed E-state index contributed by atoms with van der Waals surface area (Å²) < 4.78 is 0. The molecule has 0 saturated heterocycles. The summed E-state index contributed by atoms with van der Waals surface area (Å²) in [6.45, 7) is 5.09. The molecule has 0 amide bonds. The monoisotopic (exact) mass is 340 g/mol. The second kappa shape index (κ2) is 5.29. The summed E-state index contributed by atoms with van der Waals surface area (Å²) in [7, 11) is 0. The third-order valence-electron chi connectivity index (χ3n) is 11.0. The Morgan fingerprint density at radius 3 is 1.24 bits per heavy atom. The zero-order chi connectivity index (χ0) is 16.8. The molecule has 25 heavy (non-hydrogen) atoms. The Morgan fingerprint density at radius 2 is 0.920 bits per heavy atom. The molecule has 0 radical (unpaired) electrons. The van der Waals surface area contributed by atoms with Crippen molar-refractivity contribution in [3.63, 3.8) is 0 Å². The predicted octanol–water partition coefficient (Wildman–Crippen LogP) is 7.08. The molecule has 0 aromatic carbocycles. The second-order valence-electron chi connectivity index (χ2n) is 12.1. The van der Waals surface area contributed by atoms with Crippen molar-refractivity contribution >= 4 is 0 Å². The molecule has 8 fully saturated rings. The fraction of sp³-hybridized carbons (Fsp3) is 1.00. The minimum atomic E-state index is 0.794. The van der Waals surface area contributed by atoms with Crippen molar-refractivity contribution in [2.45, 2.75) is 97.3 Å². The van der Waals surface area contributed by atoms with E-state index in [-0.39, 0.29) is 0 Å². The van der Waals surface area contributed by atoms with Gasteiger partial charge >= 0.3 is 0 Å². The molecular formula is C25H40. The third kappa shape index (κ3) is 2.12. The van der Waals surface area contributed by atoms with Crippen molar-refractivity contribution < 1.29 is 0 Å². The fourth-order valence-electron chi connectivity index (χ4n) is 11.4. The number of hydrogen-bond acceptors (Lipinski definition) is 0. The quantitative estimate of drug-likeness (QED) is 0.513. The molecule has 8 aliphatic rings. The summed E-state index contributed by atoms with van der Waals surface area (Å²) in [5.41, 5.74) is 1.59. The molecule has 6 atom stereocenters. The van der Waals surface area contributed by atoms with Gasteiger partial charge in [-0.2, -0.15) is 0 Å². The van der Waals surface area contributed by atoms with Gasteiger partial charge in [0.25, 0.3) is 0 Å². The van der Waals surface area contributed by atoms with Gasteiger partial charge < -0.3 is 0 Å². The van der Waals surface area contributed by atoms with Crippen LogP contribution in [0.15, 0.2) is 0 Å². The van der Waals surface area contributed by atoms with Gasteiger partial charge in [-0.15, -0.1) is 0 Å². The Balaban J connectivity index is 1.37. The van der Waals surface area contributed by atoms with E-state index in [9.17, 15) is 0 Å². The molecule has 0 N–H and O–H groups in total. The predicted molar refractivity (Wildman–Crippen MR) is 104 cm³/mol. The van der Waals surface area contributed by atoms with Gasteiger partial charge in [-0.25, -0.2) is 0 Å². The standard InChI is InChI=1S/C25H40/c1-3-22-20-7-16-5-17(8-20)12-24(22,11-16)15-25-13-18-6-19(14-25)10-21(9-18)23(25)4-2/h16-23H,3-15H2,1-2H3. The van der Waals surface area contributed by atoms with Gasteiger partial charge in [0.1, 0.15) is 0 Å². The SMILES string of the molecule is CCC1C2CC3CC(C2)CC1(CC12CC4CC(CC(C4)C1CC)C2)C3. The summed E-state index contributed by atoms with van der Waals surface area (Å²) in [5.74, 6) is 9.00. The van der Waals surface area contributed by atoms with Crippen LogP contribution in [0.2, 0.25) is 0 Å². The van der Waals surface area contributed by atoms with Crippen LogP contribution in [0.1, 0.15) is 97.3 Å². The molecule has 0 nitrogen and oxygen atoms in total. The van der Waals surface area contributed by atoms with Crippen LogP contribution in [0, 0.1) is 58.2 Å². The molecule has 0 aromatic rings. The van der Waals surface area contributed by atoms with Crippen LogP contribution in [0.25, 0.3) is 0 Å². The van der Waals surface area contributed by atoms with Crippen LogP contribution in [0.4, 0.5) is 0 Å². The average Bonchev–Trinajstić information content (AvgIpc) is 2.52. The highest BCUT2D eigenvalue weighted by Gasteiger charge is 2.62. The Hall–Kier alpha value is 0. The van der Waals surface area contributed by atoms with Crippen LogP contribution < -0.4 is 0 Å². The van der Waals surface area contributed by atoms with E-state index in [0.29, 0.717) is 0 Å². The van der Waals surface area contributed by atoms with E-state index < -0.39 is 0 Å². The first-order chi connectivity index (χ1) is 12.1. The van der Waals surface area contributed by atoms with Crippen LogP contribution in [0.5, 0.6) is 0 Å². The Kier molecular flexibility index (Phi) is 3.38. The van der Waals surface area contributed by atoms with Gasteiger partial charge in [-0.05, 0) is 129 Å². The zero-order valence-electron chi connectivity index (χ0n) is 16.8. The van der Waals surface area contributed by atoms with Crippen molar-refractivity contribution in [2.24, 2.45) is 58.2 Å². The molecule has 8 aliphatic carbocycles.